The van der Waals surface area contributed by atoms with Crippen molar-refractivity contribution < 1.29 is 29.2 Å². The van der Waals surface area contributed by atoms with Crippen molar-refractivity contribution in [2.24, 2.45) is 0 Å². The SMILES string of the molecule is C=C[C@@H](CCC)O[C@@H]1[C@@H](OC)O[C@H](COCc2ccccc2)[C@@H](O)[C@@H]1O. The highest BCUT2D eigenvalue weighted by molar-refractivity contribution is 5.13. The highest BCUT2D eigenvalue weighted by Gasteiger charge is 2.46. The van der Waals surface area contributed by atoms with Gasteiger partial charge in [0.15, 0.2) is 6.29 Å². The van der Waals surface area contributed by atoms with E-state index in [0.29, 0.717) is 6.61 Å². The van der Waals surface area contributed by atoms with Crippen LogP contribution in [0.5, 0.6) is 0 Å². The molecule has 0 unspecified atom stereocenters. The van der Waals surface area contributed by atoms with Gasteiger partial charge in [-0.1, -0.05) is 49.8 Å². The van der Waals surface area contributed by atoms with E-state index in [1.807, 2.05) is 37.3 Å². The van der Waals surface area contributed by atoms with Crippen molar-refractivity contribution in [3.63, 3.8) is 0 Å². The van der Waals surface area contributed by atoms with Crippen LogP contribution < -0.4 is 0 Å². The van der Waals surface area contributed by atoms with E-state index in [-0.39, 0.29) is 12.7 Å². The fraction of sp³-hybridized carbons (Fsp3) is 0.600. The molecule has 0 aromatic heterocycles. The first-order valence-corrected chi connectivity index (χ1v) is 9.04. The van der Waals surface area contributed by atoms with Crippen LogP contribution in [0.1, 0.15) is 25.3 Å². The normalized spacial score (nSPS) is 30.1. The second-order valence-electron chi connectivity index (χ2n) is 6.42. The summed E-state index contributed by atoms with van der Waals surface area (Å²) in [4.78, 5) is 0. The van der Waals surface area contributed by atoms with Gasteiger partial charge in [-0.05, 0) is 12.0 Å². The van der Waals surface area contributed by atoms with Crippen LogP contribution in [0.4, 0.5) is 0 Å². The molecule has 2 rings (SSSR count). The van der Waals surface area contributed by atoms with Gasteiger partial charge in [-0.25, -0.2) is 0 Å². The molecule has 0 aliphatic carbocycles. The molecule has 2 N–H and O–H groups in total. The fourth-order valence-corrected chi connectivity index (χ4v) is 2.97. The summed E-state index contributed by atoms with van der Waals surface area (Å²) in [6, 6.07) is 9.72. The molecule has 0 bridgehead atoms. The lowest BCUT2D eigenvalue weighted by Gasteiger charge is -2.42. The van der Waals surface area contributed by atoms with Gasteiger partial charge in [0.1, 0.15) is 24.4 Å². The van der Waals surface area contributed by atoms with Gasteiger partial charge in [0.05, 0.1) is 19.3 Å². The van der Waals surface area contributed by atoms with Gasteiger partial charge in [-0.15, -0.1) is 6.58 Å². The topological polar surface area (TPSA) is 77.4 Å². The van der Waals surface area contributed by atoms with E-state index < -0.39 is 30.7 Å². The zero-order chi connectivity index (χ0) is 18.9. The average Bonchev–Trinajstić information content (AvgIpc) is 2.67. The maximum absolute atomic E-state index is 10.5. The lowest BCUT2D eigenvalue weighted by Crippen LogP contribution is -2.60. The summed E-state index contributed by atoms with van der Waals surface area (Å²) in [6.45, 7) is 6.33. The van der Waals surface area contributed by atoms with Gasteiger partial charge in [0.2, 0.25) is 0 Å². The Bertz CT molecular complexity index is 520. The minimum Gasteiger partial charge on any atom is -0.387 e. The predicted octanol–water partition coefficient (Wildman–Crippen LogP) is 2.04. The minimum atomic E-state index is -1.14. The van der Waals surface area contributed by atoms with Gasteiger partial charge in [0, 0.05) is 7.11 Å². The van der Waals surface area contributed by atoms with E-state index in [1.54, 1.807) is 6.08 Å². The van der Waals surface area contributed by atoms with Gasteiger partial charge >= 0.3 is 0 Å². The predicted molar refractivity (Wildman–Crippen MR) is 97.5 cm³/mol. The van der Waals surface area contributed by atoms with Gasteiger partial charge in [-0.3, -0.25) is 0 Å². The first-order chi connectivity index (χ1) is 12.6. The third-order valence-corrected chi connectivity index (χ3v) is 4.44. The Morgan fingerprint density at radius 1 is 1.23 bits per heavy atom. The van der Waals surface area contributed by atoms with Crippen LogP contribution in [0.25, 0.3) is 0 Å². The summed E-state index contributed by atoms with van der Waals surface area (Å²) in [6.07, 6.45) is -1.43. The van der Waals surface area contributed by atoms with Crippen molar-refractivity contribution in [1.82, 2.24) is 0 Å². The molecule has 1 aliphatic heterocycles. The number of hydrogen-bond acceptors (Lipinski definition) is 6. The molecule has 1 aliphatic rings. The number of ether oxygens (including phenoxy) is 4. The van der Waals surface area contributed by atoms with Crippen LogP contribution in [-0.2, 0) is 25.6 Å². The summed E-state index contributed by atoms with van der Waals surface area (Å²) >= 11 is 0. The maximum Gasteiger partial charge on any atom is 0.186 e. The van der Waals surface area contributed by atoms with Crippen LogP contribution in [0.3, 0.4) is 0 Å². The molecule has 1 saturated heterocycles. The number of benzene rings is 1. The van der Waals surface area contributed by atoms with Crippen LogP contribution in [0, 0.1) is 0 Å². The van der Waals surface area contributed by atoms with Crippen molar-refractivity contribution in [3.8, 4) is 0 Å². The third kappa shape index (κ3) is 5.61. The number of aliphatic hydroxyl groups is 2. The summed E-state index contributed by atoms with van der Waals surface area (Å²) in [5.74, 6) is 0. The van der Waals surface area contributed by atoms with Gasteiger partial charge < -0.3 is 29.2 Å². The quantitative estimate of drug-likeness (QED) is 0.617. The van der Waals surface area contributed by atoms with Crippen LogP contribution >= 0.6 is 0 Å². The number of methoxy groups -OCH3 is 1. The van der Waals surface area contributed by atoms with Crippen molar-refractivity contribution in [2.75, 3.05) is 13.7 Å². The molecular weight excluding hydrogens is 336 g/mol. The highest BCUT2D eigenvalue weighted by Crippen LogP contribution is 2.26. The first-order valence-electron chi connectivity index (χ1n) is 9.04. The fourth-order valence-electron chi connectivity index (χ4n) is 2.97. The zero-order valence-electron chi connectivity index (χ0n) is 15.5. The smallest absolute Gasteiger partial charge is 0.186 e. The number of hydrogen-bond donors (Lipinski definition) is 2. The van der Waals surface area contributed by atoms with E-state index in [1.165, 1.54) is 7.11 Å². The number of rotatable bonds is 10. The second kappa shape index (κ2) is 10.8. The summed E-state index contributed by atoms with van der Waals surface area (Å²) in [5.41, 5.74) is 1.02. The summed E-state index contributed by atoms with van der Waals surface area (Å²) in [5, 5.41) is 20.9. The maximum atomic E-state index is 10.5. The molecule has 1 heterocycles. The largest absolute Gasteiger partial charge is 0.387 e. The molecule has 146 valence electrons. The Labute approximate surface area is 155 Å². The van der Waals surface area contributed by atoms with Crippen molar-refractivity contribution >= 4 is 0 Å². The molecule has 6 atom stereocenters. The Morgan fingerprint density at radius 3 is 2.58 bits per heavy atom. The average molecular weight is 366 g/mol. The van der Waals surface area contributed by atoms with Crippen LogP contribution in [-0.4, -0.2) is 60.7 Å². The first kappa shape index (κ1) is 21.0. The third-order valence-electron chi connectivity index (χ3n) is 4.44. The molecular formula is C20H30O6. The Morgan fingerprint density at radius 2 is 1.96 bits per heavy atom. The van der Waals surface area contributed by atoms with E-state index in [0.717, 1.165) is 18.4 Å². The molecule has 0 spiro atoms. The standard InChI is InChI=1S/C20H30O6/c1-4-9-15(5-2)25-19-18(22)17(21)16(26-20(19)23-3)13-24-12-14-10-7-6-8-11-14/h5-8,10-11,15-22H,2,4,9,12-13H2,1,3H3/t15-,16+,17+,18-,19-,20-/m0/s1. The lowest BCUT2D eigenvalue weighted by atomic mass is 9.98. The second-order valence-corrected chi connectivity index (χ2v) is 6.42. The van der Waals surface area contributed by atoms with Gasteiger partial charge in [-0.2, -0.15) is 0 Å². The van der Waals surface area contributed by atoms with E-state index in [4.69, 9.17) is 18.9 Å². The monoisotopic (exact) mass is 366 g/mol. The van der Waals surface area contributed by atoms with E-state index >= 15 is 0 Å². The molecule has 1 aromatic carbocycles. The highest BCUT2D eigenvalue weighted by atomic mass is 16.7. The molecule has 6 heteroatoms. The molecule has 0 amide bonds. The Hall–Kier alpha value is -1.28. The molecule has 6 nitrogen and oxygen atoms in total. The van der Waals surface area contributed by atoms with Crippen molar-refractivity contribution in [2.45, 2.75) is 63.2 Å². The molecule has 0 radical (unpaired) electrons. The molecule has 0 saturated carbocycles. The van der Waals surface area contributed by atoms with Crippen LogP contribution in [0.2, 0.25) is 0 Å². The Balaban J connectivity index is 1.92. The zero-order valence-corrected chi connectivity index (χ0v) is 15.5. The lowest BCUT2D eigenvalue weighted by molar-refractivity contribution is -0.310. The molecule has 1 aromatic rings. The van der Waals surface area contributed by atoms with Gasteiger partial charge in [0.25, 0.3) is 0 Å². The van der Waals surface area contributed by atoms with E-state index in [2.05, 4.69) is 6.58 Å². The molecule has 26 heavy (non-hydrogen) atoms. The van der Waals surface area contributed by atoms with Crippen LogP contribution in [0.15, 0.2) is 43.0 Å². The number of aliphatic hydroxyl groups excluding tert-OH is 2. The summed E-state index contributed by atoms with van der Waals surface area (Å²) in [7, 11) is 1.48. The molecule has 1 fully saturated rings. The minimum absolute atomic E-state index is 0.138. The van der Waals surface area contributed by atoms with Crippen molar-refractivity contribution in [1.29, 1.82) is 0 Å². The Kier molecular flexibility index (Phi) is 8.71. The van der Waals surface area contributed by atoms with Crippen molar-refractivity contribution in [3.05, 3.63) is 48.6 Å². The van der Waals surface area contributed by atoms with E-state index in [9.17, 15) is 10.2 Å². The summed E-state index contributed by atoms with van der Waals surface area (Å²) < 4.78 is 22.6.